The molecule has 0 radical (unpaired) electrons. The van der Waals surface area contributed by atoms with Gasteiger partial charge >= 0.3 is 6.36 Å². The van der Waals surface area contributed by atoms with Crippen molar-refractivity contribution in [2.75, 3.05) is 7.11 Å². The number of carbonyl (C=O) groups is 1. The van der Waals surface area contributed by atoms with Crippen LogP contribution in [0.3, 0.4) is 0 Å². The molecule has 1 unspecified atom stereocenters. The number of rotatable bonds is 6. The van der Waals surface area contributed by atoms with E-state index in [1.165, 1.54) is 24.9 Å². The summed E-state index contributed by atoms with van der Waals surface area (Å²) in [7, 11) is 1.42. The van der Waals surface area contributed by atoms with Crippen molar-refractivity contribution >= 4 is 28.5 Å². The van der Waals surface area contributed by atoms with Gasteiger partial charge in [0.2, 0.25) is 5.88 Å². The minimum Gasteiger partial charge on any atom is -0.480 e. The molecule has 1 aromatic carbocycles. The predicted molar refractivity (Wildman–Crippen MR) is 108 cm³/mol. The van der Waals surface area contributed by atoms with Gasteiger partial charge in [-0.05, 0) is 43.7 Å². The van der Waals surface area contributed by atoms with Gasteiger partial charge in [-0.3, -0.25) is 4.79 Å². The number of fused-ring (bicyclic) bond motifs is 1. The molecule has 32 heavy (non-hydrogen) atoms. The van der Waals surface area contributed by atoms with Crippen LogP contribution >= 0.6 is 11.6 Å². The number of pyridine rings is 1. The van der Waals surface area contributed by atoms with Crippen molar-refractivity contribution in [1.82, 2.24) is 20.1 Å². The molecule has 0 fully saturated rings. The summed E-state index contributed by atoms with van der Waals surface area (Å²) in [5, 5.41) is 17.1. The summed E-state index contributed by atoms with van der Waals surface area (Å²) in [4.78, 5) is 16.8. The summed E-state index contributed by atoms with van der Waals surface area (Å²) >= 11 is 6.10. The number of alkyl halides is 3. The number of aromatic nitrogens is 3. The largest absolute Gasteiger partial charge is 0.573 e. The maximum atomic E-state index is 12.6. The first-order chi connectivity index (χ1) is 15.0. The molecule has 3 rings (SSSR count). The number of hydrogen-bond donors (Lipinski definition) is 1. The molecular weight excluding hydrogens is 451 g/mol. The molecule has 0 aliphatic rings. The number of benzene rings is 1. The van der Waals surface area contributed by atoms with Crippen molar-refractivity contribution < 1.29 is 27.4 Å². The predicted octanol–water partition coefficient (Wildman–Crippen LogP) is 4.01. The number of aryl methyl sites for hydroxylation is 1. The molecule has 1 atom stereocenters. The van der Waals surface area contributed by atoms with Crippen LogP contribution in [0.4, 0.5) is 13.2 Å². The standard InChI is InChI=1S/C20H17ClF3N5O3/c1-11-14(21)8-26-16-15(11)28-29(18(16)31-3)10-19(2,9-25)27-17(30)12-4-6-13(7-5-12)32-20(22,23)24/h4-8H,10H2,1-3H3,(H,27,30). The van der Waals surface area contributed by atoms with Crippen LogP contribution in [0.15, 0.2) is 30.5 Å². The topological polar surface area (TPSA) is 102 Å². The van der Waals surface area contributed by atoms with Crippen molar-refractivity contribution in [1.29, 1.82) is 5.26 Å². The van der Waals surface area contributed by atoms with E-state index in [9.17, 15) is 23.2 Å². The molecule has 1 amide bonds. The lowest BCUT2D eigenvalue weighted by atomic mass is 10.0. The van der Waals surface area contributed by atoms with E-state index in [-0.39, 0.29) is 18.0 Å². The van der Waals surface area contributed by atoms with E-state index >= 15 is 0 Å². The summed E-state index contributed by atoms with van der Waals surface area (Å²) in [5.41, 5.74) is 0.216. The lowest BCUT2D eigenvalue weighted by Gasteiger charge is -2.24. The SMILES string of the molecule is COc1c2ncc(Cl)c(C)c2nn1CC(C)(C#N)NC(=O)c1ccc(OC(F)(F)F)cc1. The first-order valence-corrected chi connectivity index (χ1v) is 9.49. The molecule has 0 bridgehead atoms. The number of halogens is 4. The van der Waals surface area contributed by atoms with Crippen LogP contribution in [-0.4, -0.2) is 39.7 Å². The molecule has 0 saturated heterocycles. The third kappa shape index (κ3) is 4.86. The zero-order chi connectivity index (χ0) is 23.7. The second-order valence-electron chi connectivity index (χ2n) is 7.07. The smallest absolute Gasteiger partial charge is 0.480 e. The highest BCUT2D eigenvalue weighted by Gasteiger charge is 2.32. The van der Waals surface area contributed by atoms with E-state index < -0.39 is 23.6 Å². The number of methoxy groups -OCH3 is 1. The first kappa shape index (κ1) is 23.1. The van der Waals surface area contributed by atoms with Crippen LogP contribution in [-0.2, 0) is 6.54 Å². The number of nitrogens with zero attached hydrogens (tertiary/aromatic N) is 4. The molecule has 0 saturated carbocycles. The minimum absolute atomic E-state index is 0.0443. The Morgan fingerprint density at radius 1 is 1.28 bits per heavy atom. The second kappa shape index (κ2) is 8.55. The Kier molecular flexibility index (Phi) is 6.18. The van der Waals surface area contributed by atoms with Gasteiger partial charge in [0.05, 0.1) is 24.7 Å². The van der Waals surface area contributed by atoms with Crippen LogP contribution in [0.2, 0.25) is 5.02 Å². The lowest BCUT2D eigenvalue weighted by molar-refractivity contribution is -0.274. The van der Waals surface area contributed by atoms with Gasteiger partial charge in [0, 0.05) is 11.8 Å². The van der Waals surface area contributed by atoms with Crippen molar-refractivity contribution in [2.45, 2.75) is 32.3 Å². The third-order valence-electron chi connectivity index (χ3n) is 4.55. The van der Waals surface area contributed by atoms with Crippen molar-refractivity contribution in [3.8, 4) is 17.7 Å². The van der Waals surface area contributed by atoms with Gasteiger partial charge < -0.3 is 14.8 Å². The van der Waals surface area contributed by atoms with Crippen molar-refractivity contribution in [3.05, 3.63) is 46.6 Å². The Morgan fingerprint density at radius 3 is 2.50 bits per heavy atom. The molecule has 12 heteroatoms. The summed E-state index contributed by atoms with van der Waals surface area (Å²) in [6.07, 6.45) is -3.38. The van der Waals surface area contributed by atoms with Gasteiger partial charge in [-0.1, -0.05) is 11.6 Å². The van der Waals surface area contributed by atoms with Gasteiger partial charge in [0.1, 0.15) is 16.8 Å². The Hall–Kier alpha value is -3.52. The van der Waals surface area contributed by atoms with Gasteiger partial charge in [0.25, 0.3) is 5.91 Å². The molecule has 2 heterocycles. The van der Waals surface area contributed by atoms with E-state index in [4.69, 9.17) is 16.3 Å². The summed E-state index contributed by atoms with van der Waals surface area (Å²) in [5.74, 6) is -0.851. The zero-order valence-corrected chi connectivity index (χ0v) is 17.9. The molecule has 8 nitrogen and oxygen atoms in total. The van der Waals surface area contributed by atoms with Gasteiger partial charge in [0.15, 0.2) is 5.52 Å². The summed E-state index contributed by atoms with van der Waals surface area (Å²) in [6, 6.07) is 6.36. The molecule has 2 aromatic heterocycles. The number of nitrogens with one attached hydrogen (secondary N) is 1. The Bertz CT molecular complexity index is 1200. The fourth-order valence-electron chi connectivity index (χ4n) is 2.98. The van der Waals surface area contributed by atoms with Crippen molar-refractivity contribution in [2.24, 2.45) is 0 Å². The fourth-order valence-corrected chi connectivity index (χ4v) is 3.12. The number of hydrogen-bond acceptors (Lipinski definition) is 6. The van der Waals surface area contributed by atoms with E-state index in [2.05, 4.69) is 20.1 Å². The molecule has 3 aromatic rings. The maximum absolute atomic E-state index is 12.6. The van der Waals surface area contributed by atoms with Gasteiger partial charge in [-0.25, -0.2) is 9.67 Å². The van der Waals surface area contributed by atoms with Crippen LogP contribution in [0.1, 0.15) is 22.8 Å². The molecule has 0 aliphatic carbocycles. The number of nitriles is 1. The highest BCUT2D eigenvalue weighted by atomic mass is 35.5. The van der Waals surface area contributed by atoms with Crippen LogP contribution in [0.25, 0.3) is 11.0 Å². The summed E-state index contributed by atoms with van der Waals surface area (Å²) < 4.78 is 47.5. The fraction of sp³-hybridized carbons (Fsp3) is 0.300. The van der Waals surface area contributed by atoms with Crippen molar-refractivity contribution in [3.63, 3.8) is 0 Å². The zero-order valence-electron chi connectivity index (χ0n) is 17.1. The number of amides is 1. The second-order valence-corrected chi connectivity index (χ2v) is 7.47. The van der Waals surface area contributed by atoms with E-state index in [1.54, 1.807) is 6.92 Å². The number of carbonyl (C=O) groups excluding carboxylic acids is 1. The molecule has 0 spiro atoms. The van der Waals surface area contributed by atoms with Crippen LogP contribution < -0.4 is 14.8 Å². The highest BCUT2D eigenvalue weighted by Crippen LogP contribution is 2.30. The number of ether oxygens (including phenoxy) is 2. The maximum Gasteiger partial charge on any atom is 0.573 e. The quantitative estimate of drug-likeness (QED) is 0.587. The Balaban J connectivity index is 1.84. The summed E-state index contributed by atoms with van der Waals surface area (Å²) in [6.45, 7) is 3.15. The van der Waals surface area contributed by atoms with E-state index in [0.717, 1.165) is 24.3 Å². The lowest BCUT2D eigenvalue weighted by Crippen LogP contribution is -2.48. The first-order valence-electron chi connectivity index (χ1n) is 9.11. The highest BCUT2D eigenvalue weighted by molar-refractivity contribution is 6.32. The molecular formula is C20H17ClF3N5O3. The monoisotopic (exact) mass is 467 g/mol. The van der Waals surface area contributed by atoms with Crippen LogP contribution in [0, 0.1) is 18.3 Å². The average Bonchev–Trinajstić information content (AvgIpc) is 3.07. The molecule has 1 N–H and O–H groups in total. The average molecular weight is 468 g/mol. The Morgan fingerprint density at radius 2 is 1.94 bits per heavy atom. The molecule has 168 valence electrons. The van der Waals surface area contributed by atoms with Crippen LogP contribution in [0.5, 0.6) is 11.6 Å². The van der Waals surface area contributed by atoms with Gasteiger partial charge in [-0.15, -0.1) is 13.2 Å². The third-order valence-corrected chi connectivity index (χ3v) is 4.93. The van der Waals surface area contributed by atoms with Gasteiger partial charge in [-0.2, -0.15) is 10.4 Å². The Labute approximate surface area is 185 Å². The van der Waals surface area contributed by atoms with E-state index in [1.807, 2.05) is 6.07 Å². The minimum atomic E-state index is -4.84. The van der Waals surface area contributed by atoms with E-state index in [0.29, 0.717) is 21.6 Å². The molecule has 0 aliphatic heterocycles. The normalized spacial score (nSPS) is 13.3.